The molecule has 1 aliphatic rings. The van der Waals surface area contributed by atoms with Gasteiger partial charge in [0.05, 0.1) is 18.5 Å². The topological polar surface area (TPSA) is 111 Å². The van der Waals surface area contributed by atoms with Crippen molar-refractivity contribution in [2.45, 2.75) is 44.3 Å². The average Bonchev–Trinajstić information content (AvgIpc) is 3.11. The molecule has 0 aliphatic heterocycles. The van der Waals surface area contributed by atoms with Gasteiger partial charge in [0.2, 0.25) is 11.8 Å². The predicted octanol–water partition coefficient (Wildman–Crippen LogP) is 0.276. The molecule has 1 atom stereocenters. The van der Waals surface area contributed by atoms with Crippen LogP contribution < -0.4 is 16.4 Å². The number of aromatic nitrogens is 2. The van der Waals surface area contributed by atoms with Gasteiger partial charge in [0, 0.05) is 19.3 Å². The molecule has 1 unspecified atom stereocenters. The van der Waals surface area contributed by atoms with Gasteiger partial charge in [-0.25, -0.2) is 0 Å². The molecule has 0 radical (unpaired) electrons. The number of nitrogens with two attached hydrogens (primary N) is 1. The van der Waals surface area contributed by atoms with E-state index in [1.807, 2.05) is 0 Å². The lowest BCUT2D eigenvalue weighted by Crippen LogP contribution is -2.39. The predicted molar refractivity (Wildman–Crippen MR) is 88.4 cm³/mol. The molecule has 1 saturated carbocycles. The first-order valence-corrected chi connectivity index (χ1v) is 7.45. The van der Waals surface area contributed by atoms with E-state index >= 15 is 0 Å². The van der Waals surface area contributed by atoms with Gasteiger partial charge in [-0.1, -0.05) is 12.8 Å². The molecular formula is C14H24ClN5O3. The Hall–Kier alpha value is -1.64. The van der Waals surface area contributed by atoms with Crippen LogP contribution in [0.15, 0.2) is 12.4 Å². The van der Waals surface area contributed by atoms with Gasteiger partial charge in [-0.2, -0.15) is 5.10 Å². The number of amides is 2. The summed E-state index contributed by atoms with van der Waals surface area (Å²) >= 11 is 0. The van der Waals surface area contributed by atoms with Crippen LogP contribution in [0.5, 0.6) is 0 Å². The molecular weight excluding hydrogens is 322 g/mol. The van der Waals surface area contributed by atoms with Crippen molar-refractivity contribution in [2.75, 3.05) is 19.0 Å². The Morgan fingerprint density at radius 2 is 2.17 bits per heavy atom. The molecule has 1 aliphatic carbocycles. The summed E-state index contributed by atoms with van der Waals surface area (Å²) in [4.78, 5) is 23.6. The van der Waals surface area contributed by atoms with E-state index in [-0.39, 0.29) is 43.4 Å². The second-order valence-electron chi connectivity index (χ2n) is 5.53. The van der Waals surface area contributed by atoms with Crippen LogP contribution in [-0.4, -0.2) is 47.4 Å². The Morgan fingerprint density at radius 1 is 1.48 bits per heavy atom. The highest BCUT2D eigenvalue weighted by molar-refractivity contribution is 5.94. The molecule has 0 bridgehead atoms. The molecule has 0 saturated heterocycles. The van der Waals surface area contributed by atoms with Crippen molar-refractivity contribution in [1.82, 2.24) is 15.1 Å². The third-order valence-corrected chi connectivity index (χ3v) is 3.61. The first kappa shape index (κ1) is 19.4. The molecule has 1 heterocycles. The number of hydrogen-bond donors (Lipinski definition) is 3. The molecule has 2 rings (SSSR count). The lowest BCUT2D eigenvalue weighted by molar-refractivity contribution is -0.122. The van der Waals surface area contributed by atoms with Gasteiger partial charge >= 0.3 is 0 Å². The summed E-state index contributed by atoms with van der Waals surface area (Å²) in [7, 11) is 1.48. The van der Waals surface area contributed by atoms with Crippen molar-refractivity contribution in [2.24, 2.45) is 5.73 Å². The highest BCUT2D eigenvalue weighted by Crippen LogP contribution is 2.17. The van der Waals surface area contributed by atoms with Crippen LogP contribution in [0.4, 0.5) is 5.69 Å². The molecule has 1 aromatic rings. The molecule has 8 nitrogen and oxygen atoms in total. The summed E-state index contributed by atoms with van der Waals surface area (Å²) in [5.41, 5.74) is 6.13. The molecule has 130 valence electrons. The van der Waals surface area contributed by atoms with E-state index in [4.69, 9.17) is 10.5 Å². The largest absolute Gasteiger partial charge is 0.383 e. The van der Waals surface area contributed by atoms with E-state index in [9.17, 15) is 9.59 Å². The van der Waals surface area contributed by atoms with E-state index in [2.05, 4.69) is 15.7 Å². The second kappa shape index (κ2) is 9.49. The Bertz CT molecular complexity index is 516. The number of anilines is 1. The Balaban J connectivity index is 0.00000264. The van der Waals surface area contributed by atoms with Crippen LogP contribution in [0.25, 0.3) is 0 Å². The number of nitrogens with one attached hydrogen (secondary N) is 2. The summed E-state index contributed by atoms with van der Waals surface area (Å²) < 4.78 is 6.31. The fourth-order valence-electron chi connectivity index (χ4n) is 2.50. The average molecular weight is 346 g/mol. The smallest absolute Gasteiger partial charge is 0.243 e. The number of rotatable bonds is 7. The van der Waals surface area contributed by atoms with E-state index in [0.29, 0.717) is 5.69 Å². The fourth-order valence-corrected chi connectivity index (χ4v) is 2.50. The van der Waals surface area contributed by atoms with Crippen LogP contribution >= 0.6 is 12.4 Å². The summed E-state index contributed by atoms with van der Waals surface area (Å²) in [6.45, 7) is 0.278. The normalized spacial score (nSPS) is 15.7. The van der Waals surface area contributed by atoms with Crippen molar-refractivity contribution < 1.29 is 14.3 Å². The summed E-state index contributed by atoms with van der Waals surface area (Å²) in [6, 6.07) is -0.451. The van der Waals surface area contributed by atoms with Crippen molar-refractivity contribution in [3.8, 4) is 0 Å². The van der Waals surface area contributed by atoms with Gasteiger partial charge in [-0.05, 0) is 12.8 Å². The number of carbonyl (C=O) groups is 2. The molecule has 23 heavy (non-hydrogen) atoms. The van der Waals surface area contributed by atoms with E-state index < -0.39 is 6.04 Å². The molecule has 2 amide bonds. The van der Waals surface area contributed by atoms with Crippen LogP contribution in [0.3, 0.4) is 0 Å². The zero-order valence-corrected chi connectivity index (χ0v) is 14.0. The number of halogens is 1. The zero-order valence-electron chi connectivity index (χ0n) is 13.2. The quantitative estimate of drug-likeness (QED) is 0.657. The monoisotopic (exact) mass is 345 g/mol. The van der Waals surface area contributed by atoms with Gasteiger partial charge in [-0.3, -0.25) is 14.3 Å². The maximum absolute atomic E-state index is 11.9. The third kappa shape index (κ3) is 6.17. The maximum Gasteiger partial charge on any atom is 0.243 e. The number of methoxy groups -OCH3 is 1. The van der Waals surface area contributed by atoms with Gasteiger partial charge in [-0.15, -0.1) is 12.4 Å². The number of carbonyl (C=O) groups excluding carboxylic acids is 2. The third-order valence-electron chi connectivity index (χ3n) is 3.61. The van der Waals surface area contributed by atoms with Gasteiger partial charge in [0.1, 0.15) is 12.6 Å². The molecule has 1 aromatic heterocycles. The summed E-state index contributed by atoms with van der Waals surface area (Å²) in [5.74, 6) is -0.416. The lowest BCUT2D eigenvalue weighted by Gasteiger charge is -2.11. The first-order valence-electron chi connectivity index (χ1n) is 7.45. The van der Waals surface area contributed by atoms with Gasteiger partial charge < -0.3 is 21.1 Å². The Morgan fingerprint density at radius 3 is 2.83 bits per heavy atom. The van der Waals surface area contributed by atoms with Crippen LogP contribution in [-0.2, 0) is 20.9 Å². The van der Waals surface area contributed by atoms with Crippen molar-refractivity contribution in [3.05, 3.63) is 12.4 Å². The van der Waals surface area contributed by atoms with Crippen LogP contribution in [0.2, 0.25) is 0 Å². The summed E-state index contributed by atoms with van der Waals surface area (Å²) in [5, 5.41) is 9.68. The Kier molecular flexibility index (Phi) is 8.01. The van der Waals surface area contributed by atoms with Crippen LogP contribution in [0.1, 0.15) is 25.7 Å². The SMILES string of the molecule is COCC(N)C(=O)Nc1cnn(CC(=O)NC2CCCC2)c1.Cl. The summed E-state index contributed by atoms with van der Waals surface area (Å²) in [6.07, 6.45) is 7.52. The molecule has 0 spiro atoms. The number of hydrogen-bond acceptors (Lipinski definition) is 5. The minimum absolute atomic E-state index is 0. The minimum Gasteiger partial charge on any atom is -0.383 e. The second-order valence-corrected chi connectivity index (χ2v) is 5.53. The first-order chi connectivity index (χ1) is 10.6. The highest BCUT2D eigenvalue weighted by Gasteiger charge is 2.18. The van der Waals surface area contributed by atoms with Gasteiger partial charge in [0.25, 0.3) is 0 Å². The standard InChI is InChI=1S/C14H23N5O3.ClH/c1-22-9-12(15)14(21)18-11-6-16-19(7-11)8-13(20)17-10-4-2-3-5-10;/h6-7,10,12H,2-5,8-9,15H2,1H3,(H,17,20)(H,18,21);1H. The molecule has 4 N–H and O–H groups in total. The highest BCUT2D eigenvalue weighted by atomic mass is 35.5. The number of nitrogens with zero attached hydrogens (tertiary/aromatic N) is 2. The fraction of sp³-hybridized carbons (Fsp3) is 0.643. The number of ether oxygens (including phenoxy) is 1. The minimum atomic E-state index is -0.737. The van der Waals surface area contributed by atoms with E-state index in [0.717, 1.165) is 12.8 Å². The Labute approximate surface area is 141 Å². The van der Waals surface area contributed by atoms with E-state index in [1.54, 1.807) is 6.20 Å². The molecule has 1 fully saturated rings. The van der Waals surface area contributed by atoms with Gasteiger partial charge in [0.15, 0.2) is 0 Å². The maximum atomic E-state index is 11.9. The van der Waals surface area contributed by atoms with Crippen molar-refractivity contribution >= 4 is 29.9 Å². The van der Waals surface area contributed by atoms with E-state index in [1.165, 1.54) is 30.8 Å². The molecule has 0 aromatic carbocycles. The van der Waals surface area contributed by atoms with Crippen molar-refractivity contribution in [3.63, 3.8) is 0 Å². The van der Waals surface area contributed by atoms with Crippen LogP contribution in [0, 0.1) is 0 Å². The van der Waals surface area contributed by atoms with Crippen molar-refractivity contribution in [1.29, 1.82) is 0 Å². The zero-order chi connectivity index (χ0) is 15.9. The molecule has 9 heteroatoms. The lowest BCUT2D eigenvalue weighted by atomic mass is 10.2.